The van der Waals surface area contributed by atoms with Crippen molar-refractivity contribution in [1.82, 2.24) is 25.0 Å². The lowest BCUT2D eigenvalue weighted by Crippen LogP contribution is -2.51. The van der Waals surface area contributed by atoms with Gasteiger partial charge in [-0.3, -0.25) is 9.59 Å². The maximum atomic E-state index is 13.5. The number of carbonyl (C=O) groups excluding carboxylic acids is 2. The van der Waals surface area contributed by atoms with Crippen molar-refractivity contribution in [3.05, 3.63) is 82.7 Å². The van der Waals surface area contributed by atoms with Crippen LogP contribution in [-0.4, -0.2) is 66.5 Å². The van der Waals surface area contributed by atoms with Gasteiger partial charge in [-0.1, -0.05) is 24.3 Å². The lowest BCUT2D eigenvalue weighted by Gasteiger charge is -2.29. The van der Waals surface area contributed by atoms with Crippen LogP contribution in [0.4, 0.5) is 5.13 Å². The average molecular weight is 563 g/mol. The number of hydrogen-bond acceptors (Lipinski definition) is 8. The van der Waals surface area contributed by atoms with Crippen molar-refractivity contribution in [3.63, 3.8) is 0 Å². The molecule has 40 heavy (non-hydrogen) atoms. The minimum atomic E-state index is -1.93. The predicted molar refractivity (Wildman–Crippen MR) is 153 cm³/mol. The number of nitrogens with zero attached hydrogens (tertiary/aromatic N) is 4. The standard InChI is InChI=1S/C29H34N6O4S/c1-17(2)31-29-33-23(16-40-29)24-22-8-5-4-7-20(22)15-34(24)28(39)26(37)25(36)27(38)32-18(3)19-9-11-21(12-10-19)35-14-6-13-30-35/h5-6,8-14,16-18,24-26,36-37H,4,7,15H2,1-3H3,(H,31,33)(H,32,38)/t18-,24+,25-,26-/m1/s1. The Morgan fingerprint density at radius 3 is 2.60 bits per heavy atom. The average Bonchev–Trinajstić information content (AvgIpc) is 3.71. The first-order valence-corrected chi connectivity index (χ1v) is 14.3. The van der Waals surface area contributed by atoms with Crippen LogP contribution >= 0.6 is 11.3 Å². The van der Waals surface area contributed by atoms with Gasteiger partial charge in [-0.15, -0.1) is 11.3 Å². The molecule has 0 spiro atoms. The van der Waals surface area contributed by atoms with E-state index in [4.69, 9.17) is 4.98 Å². The highest BCUT2D eigenvalue weighted by molar-refractivity contribution is 7.13. The molecule has 3 aromatic rings. The number of hydrogen-bond donors (Lipinski definition) is 4. The van der Waals surface area contributed by atoms with E-state index in [9.17, 15) is 19.8 Å². The number of aliphatic hydroxyl groups excluding tert-OH is 2. The third-order valence-electron chi connectivity index (χ3n) is 7.12. The third kappa shape index (κ3) is 5.72. The minimum absolute atomic E-state index is 0.205. The van der Waals surface area contributed by atoms with Crippen molar-refractivity contribution < 1.29 is 19.8 Å². The SMILES string of the molecule is CC(C)Nc1nc([C@@H]2C3=C(CCC=C3)CN2C(=O)[C@H](O)[C@@H](O)C(=O)N[C@H](C)c2ccc(-n3cccn3)cc2)cs1. The van der Waals surface area contributed by atoms with Gasteiger partial charge in [0, 0.05) is 30.4 Å². The molecule has 11 heteroatoms. The summed E-state index contributed by atoms with van der Waals surface area (Å²) in [7, 11) is 0. The van der Waals surface area contributed by atoms with Crippen molar-refractivity contribution in [2.24, 2.45) is 0 Å². The summed E-state index contributed by atoms with van der Waals surface area (Å²) in [5.74, 6) is -1.53. The molecule has 0 saturated heterocycles. The van der Waals surface area contributed by atoms with E-state index in [0.29, 0.717) is 12.2 Å². The Bertz CT molecular complexity index is 1410. The Labute approximate surface area is 237 Å². The zero-order chi connectivity index (χ0) is 28.4. The van der Waals surface area contributed by atoms with Crippen LogP contribution in [0, 0.1) is 0 Å². The van der Waals surface area contributed by atoms with Crippen molar-refractivity contribution in [2.75, 3.05) is 11.9 Å². The predicted octanol–water partition coefficient (Wildman–Crippen LogP) is 3.28. The second-order valence-corrected chi connectivity index (χ2v) is 11.3. The number of amides is 2. The van der Waals surface area contributed by atoms with Gasteiger partial charge in [0.1, 0.15) is 6.04 Å². The molecular weight excluding hydrogens is 528 g/mol. The molecule has 1 aliphatic carbocycles. The highest BCUT2D eigenvalue weighted by Crippen LogP contribution is 2.42. The molecule has 0 radical (unpaired) electrons. The monoisotopic (exact) mass is 562 g/mol. The van der Waals surface area contributed by atoms with Gasteiger partial charge in [0.2, 0.25) is 0 Å². The van der Waals surface area contributed by atoms with Crippen molar-refractivity contribution >= 4 is 28.3 Å². The molecule has 3 heterocycles. The lowest BCUT2D eigenvalue weighted by atomic mass is 9.95. The van der Waals surface area contributed by atoms with E-state index in [0.717, 1.165) is 40.4 Å². The first-order chi connectivity index (χ1) is 19.2. The summed E-state index contributed by atoms with van der Waals surface area (Å²) in [6.45, 7) is 6.14. The summed E-state index contributed by atoms with van der Waals surface area (Å²) in [4.78, 5) is 32.7. The number of allylic oxidation sites excluding steroid dienone is 1. The molecule has 2 amide bonds. The molecule has 0 bridgehead atoms. The van der Waals surface area contributed by atoms with E-state index in [2.05, 4.69) is 21.8 Å². The van der Waals surface area contributed by atoms with Crippen LogP contribution < -0.4 is 10.6 Å². The van der Waals surface area contributed by atoms with Gasteiger partial charge in [-0.05, 0) is 68.5 Å². The molecular formula is C29H34N6O4S. The van der Waals surface area contributed by atoms with E-state index in [-0.39, 0.29) is 6.04 Å². The van der Waals surface area contributed by atoms with Gasteiger partial charge >= 0.3 is 0 Å². The largest absolute Gasteiger partial charge is 0.380 e. The van der Waals surface area contributed by atoms with Gasteiger partial charge in [-0.25, -0.2) is 9.67 Å². The Balaban J connectivity index is 1.27. The molecule has 210 valence electrons. The number of nitrogens with one attached hydrogen (secondary N) is 2. The smallest absolute Gasteiger partial charge is 0.255 e. The molecule has 4 N–H and O–H groups in total. The van der Waals surface area contributed by atoms with Crippen LogP contribution in [0.25, 0.3) is 5.69 Å². The van der Waals surface area contributed by atoms with Crippen molar-refractivity contribution in [3.8, 4) is 5.69 Å². The van der Waals surface area contributed by atoms with Gasteiger partial charge in [-0.2, -0.15) is 5.10 Å². The van der Waals surface area contributed by atoms with E-state index in [1.807, 2.05) is 61.8 Å². The quantitative estimate of drug-likeness (QED) is 0.315. The Hall–Kier alpha value is -3.80. The molecule has 0 saturated carbocycles. The summed E-state index contributed by atoms with van der Waals surface area (Å²) in [5.41, 5.74) is 4.45. The highest BCUT2D eigenvalue weighted by Gasteiger charge is 2.42. The number of aliphatic hydroxyl groups is 2. The normalized spacial score (nSPS) is 18.9. The summed E-state index contributed by atoms with van der Waals surface area (Å²) < 4.78 is 1.72. The summed E-state index contributed by atoms with van der Waals surface area (Å²) in [6, 6.07) is 8.53. The van der Waals surface area contributed by atoms with E-state index < -0.39 is 36.1 Å². The Kier molecular flexibility index (Phi) is 8.15. The number of anilines is 1. The highest BCUT2D eigenvalue weighted by atomic mass is 32.1. The number of carbonyl (C=O) groups is 2. The summed E-state index contributed by atoms with van der Waals surface area (Å²) >= 11 is 1.45. The van der Waals surface area contributed by atoms with Crippen LogP contribution in [0.3, 0.4) is 0 Å². The second-order valence-electron chi connectivity index (χ2n) is 10.4. The van der Waals surface area contributed by atoms with Gasteiger partial charge in [0.15, 0.2) is 17.3 Å². The van der Waals surface area contributed by atoms with Crippen molar-refractivity contribution in [2.45, 2.75) is 63.9 Å². The van der Waals surface area contributed by atoms with Crippen molar-refractivity contribution in [1.29, 1.82) is 0 Å². The van der Waals surface area contributed by atoms with Crippen LogP contribution in [-0.2, 0) is 9.59 Å². The molecule has 10 nitrogen and oxygen atoms in total. The fraction of sp³-hybridized carbons (Fsp3) is 0.379. The van der Waals surface area contributed by atoms with Gasteiger partial charge in [0.05, 0.1) is 17.4 Å². The molecule has 0 unspecified atom stereocenters. The van der Waals surface area contributed by atoms with Crippen LogP contribution in [0.1, 0.15) is 57.0 Å². The molecule has 1 aliphatic heterocycles. The van der Waals surface area contributed by atoms with Gasteiger partial charge in [0.25, 0.3) is 11.8 Å². The summed E-state index contributed by atoms with van der Waals surface area (Å²) in [6.07, 6.45) is 5.44. The molecule has 2 aromatic heterocycles. The maximum absolute atomic E-state index is 13.5. The van der Waals surface area contributed by atoms with E-state index in [1.165, 1.54) is 16.2 Å². The lowest BCUT2D eigenvalue weighted by molar-refractivity contribution is -0.153. The zero-order valence-corrected chi connectivity index (χ0v) is 23.5. The first kappa shape index (κ1) is 27.8. The molecule has 0 fully saturated rings. The van der Waals surface area contributed by atoms with Crippen LogP contribution in [0.5, 0.6) is 0 Å². The topological polar surface area (TPSA) is 133 Å². The second kappa shape index (κ2) is 11.7. The first-order valence-electron chi connectivity index (χ1n) is 13.4. The molecule has 2 aliphatic rings. The maximum Gasteiger partial charge on any atom is 0.255 e. The molecule has 5 rings (SSSR count). The number of thiazole rings is 1. The fourth-order valence-corrected chi connectivity index (χ4v) is 5.94. The van der Waals surface area contributed by atoms with Crippen LogP contribution in [0.15, 0.2) is 71.4 Å². The number of aromatic nitrogens is 3. The number of benzene rings is 1. The molecule has 1 aromatic carbocycles. The third-order valence-corrected chi connectivity index (χ3v) is 7.92. The summed E-state index contributed by atoms with van der Waals surface area (Å²) in [5, 5.41) is 34.5. The number of rotatable bonds is 9. The zero-order valence-electron chi connectivity index (χ0n) is 22.7. The van der Waals surface area contributed by atoms with Gasteiger partial charge < -0.3 is 25.7 Å². The fourth-order valence-electron chi connectivity index (χ4n) is 5.07. The molecule has 4 atom stereocenters. The van der Waals surface area contributed by atoms with Crippen LogP contribution in [0.2, 0.25) is 0 Å². The Morgan fingerprint density at radius 1 is 1.12 bits per heavy atom. The minimum Gasteiger partial charge on any atom is -0.380 e. The van der Waals surface area contributed by atoms with E-state index >= 15 is 0 Å². The van der Waals surface area contributed by atoms with E-state index in [1.54, 1.807) is 17.8 Å². The Morgan fingerprint density at radius 2 is 1.90 bits per heavy atom.